The highest BCUT2D eigenvalue weighted by Gasteiger charge is 2.28. The molecule has 1 aromatic rings. The minimum absolute atomic E-state index is 0.0522. The van der Waals surface area contributed by atoms with E-state index in [4.69, 9.17) is 0 Å². The number of nitrogens with zero attached hydrogens (tertiary/aromatic N) is 2. The number of carbonyl (C=O) groups is 1. The molecular formula is C18H27N3O5S. The largest absolute Gasteiger partial charge is 0.371 e. The van der Waals surface area contributed by atoms with Crippen LogP contribution in [-0.2, 0) is 14.6 Å². The minimum Gasteiger partial charge on any atom is -0.371 e. The molecule has 0 aromatic heterocycles. The lowest BCUT2D eigenvalue weighted by molar-refractivity contribution is -0.387. The van der Waals surface area contributed by atoms with E-state index in [2.05, 4.69) is 19.2 Å². The number of anilines is 1. The molecule has 1 unspecified atom stereocenters. The molecule has 1 heterocycles. The molecule has 150 valence electrons. The first-order valence-electron chi connectivity index (χ1n) is 9.04. The van der Waals surface area contributed by atoms with Gasteiger partial charge < -0.3 is 10.2 Å². The summed E-state index contributed by atoms with van der Waals surface area (Å²) >= 11 is 0. The van der Waals surface area contributed by atoms with Gasteiger partial charge in [-0.15, -0.1) is 0 Å². The molecular weight excluding hydrogens is 370 g/mol. The van der Waals surface area contributed by atoms with Crippen molar-refractivity contribution in [3.05, 3.63) is 28.3 Å². The van der Waals surface area contributed by atoms with Crippen LogP contribution in [0.1, 0.15) is 33.6 Å². The van der Waals surface area contributed by atoms with Crippen molar-refractivity contribution in [3.63, 3.8) is 0 Å². The highest BCUT2D eigenvalue weighted by Crippen LogP contribution is 2.31. The quantitative estimate of drug-likeness (QED) is 0.583. The maximum atomic E-state index is 12.4. The molecule has 27 heavy (non-hydrogen) atoms. The van der Waals surface area contributed by atoms with E-state index in [9.17, 15) is 23.3 Å². The van der Waals surface area contributed by atoms with Crippen LogP contribution in [0.2, 0.25) is 0 Å². The van der Waals surface area contributed by atoms with Crippen LogP contribution in [0.15, 0.2) is 23.1 Å². The number of amides is 1. The monoisotopic (exact) mass is 397 g/mol. The van der Waals surface area contributed by atoms with Crippen LogP contribution < -0.4 is 10.2 Å². The Bertz CT molecular complexity index is 814. The van der Waals surface area contributed by atoms with Crippen molar-refractivity contribution in [1.82, 2.24) is 5.32 Å². The third-order valence-electron chi connectivity index (χ3n) is 5.14. The van der Waals surface area contributed by atoms with Crippen LogP contribution in [0.4, 0.5) is 11.4 Å². The Morgan fingerprint density at radius 3 is 2.33 bits per heavy atom. The molecule has 0 aliphatic carbocycles. The fourth-order valence-electron chi connectivity index (χ4n) is 3.06. The van der Waals surface area contributed by atoms with Crippen LogP contribution in [-0.4, -0.2) is 44.6 Å². The van der Waals surface area contributed by atoms with Crippen LogP contribution in [0.5, 0.6) is 0 Å². The van der Waals surface area contributed by atoms with Crippen molar-refractivity contribution in [3.8, 4) is 0 Å². The Labute approximate surface area is 160 Å². The predicted octanol–water partition coefficient (Wildman–Crippen LogP) is 2.38. The van der Waals surface area contributed by atoms with Gasteiger partial charge in [0.15, 0.2) is 9.84 Å². The first-order chi connectivity index (χ1) is 12.5. The lowest BCUT2D eigenvalue weighted by Crippen LogP contribution is -2.44. The highest BCUT2D eigenvalue weighted by atomic mass is 32.2. The molecule has 1 fully saturated rings. The van der Waals surface area contributed by atoms with E-state index in [-0.39, 0.29) is 22.8 Å². The number of hydrogen-bond acceptors (Lipinski definition) is 6. The van der Waals surface area contributed by atoms with Crippen LogP contribution in [0, 0.1) is 22.0 Å². The van der Waals surface area contributed by atoms with Gasteiger partial charge in [0.25, 0.3) is 5.69 Å². The molecule has 1 aromatic carbocycles. The SMILES string of the molecule is CC(C)C(C)NC(=O)C1CCN(c2ccc([N+](=O)[O-])c(S(C)(=O)=O)c2)CC1. The summed E-state index contributed by atoms with van der Waals surface area (Å²) in [7, 11) is -3.72. The average Bonchev–Trinajstić information content (AvgIpc) is 2.60. The van der Waals surface area contributed by atoms with Crippen molar-refractivity contribution >= 4 is 27.1 Å². The molecule has 0 spiro atoms. The summed E-state index contributed by atoms with van der Waals surface area (Å²) in [6.07, 6.45) is 2.27. The number of rotatable bonds is 6. The Balaban J connectivity index is 2.10. The molecule has 1 aliphatic rings. The molecule has 0 radical (unpaired) electrons. The van der Waals surface area contributed by atoms with Gasteiger partial charge in [0.2, 0.25) is 5.91 Å². The molecule has 0 saturated carbocycles. The van der Waals surface area contributed by atoms with E-state index in [1.807, 2.05) is 11.8 Å². The van der Waals surface area contributed by atoms with E-state index in [1.165, 1.54) is 12.1 Å². The third-order valence-corrected chi connectivity index (χ3v) is 6.27. The minimum atomic E-state index is -3.72. The zero-order valence-corrected chi connectivity index (χ0v) is 17.0. The topological polar surface area (TPSA) is 110 Å². The molecule has 2 rings (SSSR count). The number of benzene rings is 1. The van der Waals surface area contributed by atoms with Crippen molar-refractivity contribution in [2.24, 2.45) is 11.8 Å². The van der Waals surface area contributed by atoms with Gasteiger partial charge in [-0.05, 0) is 37.8 Å². The Hall–Kier alpha value is -2.16. The zero-order valence-electron chi connectivity index (χ0n) is 16.1. The smallest absolute Gasteiger partial charge is 0.288 e. The second-order valence-electron chi connectivity index (χ2n) is 7.48. The van der Waals surface area contributed by atoms with Crippen LogP contribution in [0.3, 0.4) is 0 Å². The maximum absolute atomic E-state index is 12.4. The highest BCUT2D eigenvalue weighted by molar-refractivity contribution is 7.90. The van der Waals surface area contributed by atoms with E-state index >= 15 is 0 Å². The second kappa shape index (κ2) is 8.24. The number of nitrogens with one attached hydrogen (secondary N) is 1. The number of nitro groups is 1. The maximum Gasteiger partial charge on any atom is 0.288 e. The first-order valence-corrected chi connectivity index (χ1v) is 10.9. The number of hydrogen-bond donors (Lipinski definition) is 1. The van der Waals surface area contributed by atoms with E-state index in [0.717, 1.165) is 6.26 Å². The van der Waals surface area contributed by atoms with Crippen molar-refractivity contribution in [2.75, 3.05) is 24.2 Å². The summed E-state index contributed by atoms with van der Waals surface area (Å²) < 4.78 is 23.8. The normalized spacial score (nSPS) is 17.0. The molecule has 1 amide bonds. The standard InChI is InChI=1S/C18H27N3O5S/c1-12(2)13(3)19-18(22)14-7-9-20(10-8-14)15-5-6-16(21(23)24)17(11-15)27(4,25)26/h5-6,11-14H,7-10H2,1-4H3,(H,19,22). The van der Waals surface area contributed by atoms with Gasteiger partial charge in [-0.25, -0.2) is 8.42 Å². The van der Waals surface area contributed by atoms with E-state index in [1.54, 1.807) is 6.07 Å². The summed E-state index contributed by atoms with van der Waals surface area (Å²) in [5, 5.41) is 14.1. The number of carbonyl (C=O) groups excluding carboxylic acids is 1. The van der Waals surface area contributed by atoms with Crippen molar-refractivity contribution in [1.29, 1.82) is 0 Å². The van der Waals surface area contributed by atoms with Gasteiger partial charge in [0.1, 0.15) is 4.90 Å². The fourth-order valence-corrected chi connectivity index (χ4v) is 3.91. The number of piperidine rings is 1. The van der Waals surface area contributed by atoms with Gasteiger partial charge in [-0.1, -0.05) is 13.8 Å². The average molecular weight is 397 g/mol. The molecule has 1 saturated heterocycles. The van der Waals surface area contributed by atoms with Crippen LogP contribution in [0.25, 0.3) is 0 Å². The van der Waals surface area contributed by atoms with Crippen molar-refractivity contribution in [2.45, 2.75) is 44.6 Å². The molecule has 1 N–H and O–H groups in total. The van der Waals surface area contributed by atoms with Gasteiger partial charge >= 0.3 is 0 Å². The van der Waals surface area contributed by atoms with Gasteiger partial charge in [0.05, 0.1) is 4.92 Å². The Morgan fingerprint density at radius 2 is 1.85 bits per heavy atom. The second-order valence-corrected chi connectivity index (χ2v) is 9.47. The van der Waals surface area contributed by atoms with Crippen molar-refractivity contribution < 1.29 is 18.1 Å². The summed E-state index contributed by atoms with van der Waals surface area (Å²) in [5.41, 5.74) is 0.202. The lowest BCUT2D eigenvalue weighted by atomic mass is 9.94. The molecule has 1 aliphatic heterocycles. The summed E-state index contributed by atoms with van der Waals surface area (Å²) in [5.74, 6) is 0.342. The molecule has 1 atom stereocenters. The van der Waals surface area contributed by atoms with Crippen LogP contribution >= 0.6 is 0 Å². The Kier molecular flexibility index (Phi) is 6.46. The number of sulfone groups is 1. The van der Waals surface area contributed by atoms with E-state index < -0.39 is 20.4 Å². The van der Waals surface area contributed by atoms with Gasteiger partial charge in [-0.2, -0.15) is 0 Å². The summed E-state index contributed by atoms with van der Waals surface area (Å²) in [6.45, 7) is 7.29. The van der Waals surface area contributed by atoms with Gasteiger partial charge in [-0.3, -0.25) is 14.9 Å². The molecule has 0 bridgehead atoms. The third kappa shape index (κ3) is 5.18. The van der Waals surface area contributed by atoms with Gasteiger partial charge in [0, 0.05) is 43.1 Å². The zero-order chi connectivity index (χ0) is 20.4. The van der Waals surface area contributed by atoms with E-state index in [0.29, 0.717) is 37.5 Å². The summed E-state index contributed by atoms with van der Waals surface area (Å²) in [6, 6.07) is 4.26. The summed E-state index contributed by atoms with van der Waals surface area (Å²) in [4.78, 5) is 24.5. The first kappa shape index (κ1) is 21.1. The Morgan fingerprint density at radius 1 is 1.26 bits per heavy atom. The number of nitro benzene ring substituents is 1. The lowest BCUT2D eigenvalue weighted by Gasteiger charge is -2.34. The predicted molar refractivity (Wildman–Crippen MR) is 104 cm³/mol. The molecule has 8 nitrogen and oxygen atoms in total. The molecule has 9 heteroatoms. The fraction of sp³-hybridized carbons (Fsp3) is 0.611.